The summed E-state index contributed by atoms with van der Waals surface area (Å²) in [5.41, 5.74) is 3.26. The van der Waals surface area contributed by atoms with Crippen LogP contribution in [0.5, 0.6) is 11.5 Å². The van der Waals surface area contributed by atoms with E-state index in [0.717, 1.165) is 16.8 Å². The molecular weight excluding hydrogens is 328 g/mol. The van der Waals surface area contributed by atoms with Crippen molar-refractivity contribution in [3.63, 3.8) is 0 Å². The molecule has 2 aromatic carbocycles. The van der Waals surface area contributed by atoms with E-state index in [0.29, 0.717) is 29.5 Å². The summed E-state index contributed by atoms with van der Waals surface area (Å²) in [6.07, 6.45) is 0.685. The first kappa shape index (κ1) is 18.0. The summed E-state index contributed by atoms with van der Waals surface area (Å²) in [5, 5.41) is 3.01. The Hall–Kier alpha value is -2.82. The Bertz CT molecular complexity index is 829. The van der Waals surface area contributed by atoms with Crippen molar-refractivity contribution in [2.45, 2.75) is 26.3 Å². The third-order valence-electron chi connectivity index (χ3n) is 4.37. The van der Waals surface area contributed by atoms with Crippen molar-refractivity contribution in [2.24, 2.45) is 10.9 Å². The zero-order valence-electron chi connectivity index (χ0n) is 15.6. The van der Waals surface area contributed by atoms with Gasteiger partial charge in [0, 0.05) is 17.2 Å². The number of hydrogen-bond donors (Lipinski definition) is 1. The monoisotopic (exact) mass is 352 g/mol. The van der Waals surface area contributed by atoms with Crippen molar-refractivity contribution in [3.05, 3.63) is 53.6 Å². The summed E-state index contributed by atoms with van der Waals surface area (Å²) in [7, 11) is 3.18. The van der Waals surface area contributed by atoms with Crippen LogP contribution in [0.2, 0.25) is 0 Å². The van der Waals surface area contributed by atoms with E-state index < -0.39 is 6.04 Å². The summed E-state index contributed by atoms with van der Waals surface area (Å²) in [4.78, 5) is 17.6. The zero-order valence-corrected chi connectivity index (χ0v) is 15.6. The minimum absolute atomic E-state index is 0.0990. The van der Waals surface area contributed by atoms with Gasteiger partial charge in [0.1, 0.15) is 6.04 Å². The predicted molar refractivity (Wildman–Crippen MR) is 103 cm³/mol. The van der Waals surface area contributed by atoms with Gasteiger partial charge in [0.2, 0.25) is 5.91 Å². The highest BCUT2D eigenvalue weighted by atomic mass is 16.5. The van der Waals surface area contributed by atoms with Crippen molar-refractivity contribution < 1.29 is 14.3 Å². The molecule has 0 radical (unpaired) electrons. The van der Waals surface area contributed by atoms with Crippen molar-refractivity contribution in [1.29, 1.82) is 0 Å². The summed E-state index contributed by atoms with van der Waals surface area (Å²) in [6, 6.07) is 13.1. The Morgan fingerprint density at radius 1 is 1.08 bits per heavy atom. The van der Waals surface area contributed by atoms with Gasteiger partial charge in [-0.3, -0.25) is 9.79 Å². The van der Waals surface area contributed by atoms with Crippen molar-refractivity contribution >= 4 is 17.3 Å². The second kappa shape index (κ2) is 7.60. The fourth-order valence-electron chi connectivity index (χ4n) is 3.11. The van der Waals surface area contributed by atoms with Gasteiger partial charge in [-0.25, -0.2) is 0 Å². The van der Waals surface area contributed by atoms with Crippen LogP contribution < -0.4 is 14.8 Å². The second-order valence-corrected chi connectivity index (χ2v) is 6.73. The van der Waals surface area contributed by atoms with Crippen LogP contribution in [-0.4, -0.2) is 31.9 Å². The van der Waals surface area contributed by atoms with E-state index in [1.54, 1.807) is 20.3 Å². The van der Waals surface area contributed by atoms with Crippen molar-refractivity contribution in [3.8, 4) is 11.5 Å². The average Bonchev–Trinajstić information content (AvgIpc) is 2.77. The number of rotatable bonds is 5. The third-order valence-corrected chi connectivity index (χ3v) is 4.37. The Kier molecular flexibility index (Phi) is 5.26. The molecule has 1 N–H and O–H groups in total. The Morgan fingerprint density at radius 2 is 1.73 bits per heavy atom. The van der Waals surface area contributed by atoms with Crippen molar-refractivity contribution in [2.75, 3.05) is 19.5 Å². The average molecular weight is 352 g/mol. The normalized spacial score (nSPS) is 16.4. The molecule has 0 spiro atoms. The van der Waals surface area contributed by atoms with E-state index in [1.165, 1.54) is 0 Å². The fraction of sp³-hybridized carbons (Fsp3) is 0.333. The molecule has 0 aromatic heterocycles. The van der Waals surface area contributed by atoms with Crippen LogP contribution in [0.25, 0.3) is 0 Å². The molecule has 1 amide bonds. The molecule has 5 heteroatoms. The number of aliphatic imine (C=N–C) groups is 1. The van der Waals surface area contributed by atoms with Gasteiger partial charge in [-0.2, -0.15) is 0 Å². The van der Waals surface area contributed by atoms with Gasteiger partial charge in [-0.05, 0) is 18.4 Å². The van der Waals surface area contributed by atoms with E-state index in [9.17, 15) is 4.79 Å². The fourth-order valence-corrected chi connectivity index (χ4v) is 3.11. The number of methoxy groups -OCH3 is 2. The molecule has 26 heavy (non-hydrogen) atoms. The maximum atomic E-state index is 12.8. The summed E-state index contributed by atoms with van der Waals surface area (Å²) >= 11 is 0. The molecular formula is C21H24N2O3. The van der Waals surface area contributed by atoms with E-state index in [4.69, 9.17) is 14.5 Å². The van der Waals surface area contributed by atoms with Crippen LogP contribution in [-0.2, 0) is 4.79 Å². The molecule has 136 valence electrons. The van der Waals surface area contributed by atoms with Crippen LogP contribution in [0.1, 0.15) is 31.4 Å². The molecule has 0 bridgehead atoms. The lowest BCUT2D eigenvalue weighted by Gasteiger charge is -2.15. The summed E-state index contributed by atoms with van der Waals surface area (Å²) < 4.78 is 10.8. The number of anilines is 1. The molecule has 1 aliphatic rings. The molecule has 2 aromatic rings. The number of carbonyl (C=O) groups excluding carboxylic acids is 1. The van der Waals surface area contributed by atoms with Crippen LogP contribution in [0.15, 0.2) is 47.5 Å². The van der Waals surface area contributed by atoms with Gasteiger partial charge in [0.05, 0.1) is 25.6 Å². The summed E-state index contributed by atoms with van der Waals surface area (Å²) in [6.45, 7) is 4.18. The molecule has 0 saturated carbocycles. The highest BCUT2D eigenvalue weighted by Gasteiger charge is 2.27. The Labute approximate surface area is 154 Å². The number of nitrogens with zero attached hydrogens (tertiary/aromatic N) is 1. The molecule has 1 aliphatic heterocycles. The number of nitrogens with one attached hydrogen (secondary N) is 1. The molecule has 0 aliphatic carbocycles. The Balaban J connectivity index is 2.20. The van der Waals surface area contributed by atoms with Crippen molar-refractivity contribution in [1.82, 2.24) is 0 Å². The predicted octanol–water partition coefficient (Wildman–Crippen LogP) is 3.91. The minimum atomic E-state index is -0.436. The maximum Gasteiger partial charge on any atom is 0.249 e. The molecule has 3 rings (SSSR count). The molecule has 0 fully saturated rings. The van der Waals surface area contributed by atoms with Crippen LogP contribution in [0.3, 0.4) is 0 Å². The highest BCUT2D eigenvalue weighted by molar-refractivity contribution is 6.20. The number of benzodiazepines with no additional fused rings is 1. The minimum Gasteiger partial charge on any atom is -0.493 e. The zero-order chi connectivity index (χ0) is 18.7. The van der Waals surface area contributed by atoms with Gasteiger partial charge >= 0.3 is 0 Å². The van der Waals surface area contributed by atoms with Gasteiger partial charge in [0.25, 0.3) is 0 Å². The lowest BCUT2D eigenvalue weighted by atomic mass is 9.99. The van der Waals surface area contributed by atoms with Crippen LogP contribution >= 0.6 is 0 Å². The first-order chi connectivity index (χ1) is 12.5. The lowest BCUT2D eigenvalue weighted by molar-refractivity contribution is -0.117. The van der Waals surface area contributed by atoms with Gasteiger partial charge < -0.3 is 14.8 Å². The number of ether oxygens (including phenoxy) is 2. The number of carbonyl (C=O) groups is 1. The number of fused-ring (bicyclic) bond motifs is 1. The number of amides is 1. The third kappa shape index (κ3) is 3.57. The molecule has 1 unspecified atom stereocenters. The largest absolute Gasteiger partial charge is 0.493 e. The SMILES string of the molecule is COc1cc2c(cc1OC)C(c1ccccc1)=NC(CC(C)C)C(=O)N2. The smallest absolute Gasteiger partial charge is 0.249 e. The molecule has 1 heterocycles. The van der Waals surface area contributed by atoms with E-state index in [-0.39, 0.29) is 5.91 Å². The molecule has 1 atom stereocenters. The maximum absolute atomic E-state index is 12.8. The van der Waals surface area contributed by atoms with Gasteiger partial charge in [-0.15, -0.1) is 0 Å². The van der Waals surface area contributed by atoms with Gasteiger partial charge in [0.15, 0.2) is 11.5 Å². The molecule has 0 saturated heterocycles. The quantitative estimate of drug-likeness (QED) is 0.887. The second-order valence-electron chi connectivity index (χ2n) is 6.73. The summed E-state index contributed by atoms with van der Waals surface area (Å²) in [5.74, 6) is 1.43. The Morgan fingerprint density at radius 3 is 2.35 bits per heavy atom. The van der Waals surface area contributed by atoms with Gasteiger partial charge in [-0.1, -0.05) is 44.2 Å². The molecule has 5 nitrogen and oxygen atoms in total. The van der Waals surface area contributed by atoms with E-state index in [1.807, 2.05) is 36.4 Å². The van der Waals surface area contributed by atoms with E-state index >= 15 is 0 Å². The standard InChI is InChI=1S/C21H24N2O3/c1-13(2)10-17-21(24)23-16-12-19(26-4)18(25-3)11-15(16)20(22-17)14-8-6-5-7-9-14/h5-9,11-13,17H,10H2,1-4H3,(H,23,24). The van der Waals surface area contributed by atoms with Crippen LogP contribution in [0, 0.1) is 5.92 Å². The highest BCUT2D eigenvalue weighted by Crippen LogP contribution is 2.36. The van der Waals surface area contributed by atoms with Crippen LogP contribution in [0.4, 0.5) is 5.69 Å². The van der Waals surface area contributed by atoms with E-state index in [2.05, 4.69) is 19.2 Å². The first-order valence-corrected chi connectivity index (χ1v) is 8.74. The first-order valence-electron chi connectivity index (χ1n) is 8.74. The number of benzene rings is 2. The topological polar surface area (TPSA) is 59.9 Å². The number of hydrogen-bond acceptors (Lipinski definition) is 4. The lowest BCUT2D eigenvalue weighted by Crippen LogP contribution is -2.27.